The van der Waals surface area contributed by atoms with E-state index < -0.39 is 0 Å². The molecule has 2 saturated carbocycles. The molecule has 0 unspecified atom stereocenters. The average Bonchev–Trinajstić information content (AvgIpc) is 3.15. The summed E-state index contributed by atoms with van der Waals surface area (Å²) in [5, 5.41) is 20.7. The monoisotopic (exact) mass is 407 g/mol. The SMILES string of the molecule is CCCCC[C@H](O)C=C[C@@H]1[C@H]2CC(=CCOCCN(C)C(C)(C)C)C[C@H]2C[C@H]1O. The van der Waals surface area contributed by atoms with Crippen LogP contribution in [-0.4, -0.2) is 59.7 Å². The second-order valence-corrected chi connectivity index (χ2v) is 10.2. The van der Waals surface area contributed by atoms with E-state index in [2.05, 4.69) is 51.8 Å². The van der Waals surface area contributed by atoms with E-state index in [0.717, 1.165) is 45.3 Å². The molecule has 2 rings (SSSR count). The summed E-state index contributed by atoms with van der Waals surface area (Å²) >= 11 is 0. The zero-order chi connectivity index (χ0) is 21.4. The first-order chi connectivity index (χ1) is 13.7. The van der Waals surface area contributed by atoms with Crippen LogP contribution in [0.3, 0.4) is 0 Å². The molecule has 0 saturated heterocycles. The fraction of sp³-hybridized carbons (Fsp3) is 0.840. The number of fused-ring (bicyclic) bond motifs is 1. The summed E-state index contributed by atoms with van der Waals surface area (Å²) in [6.45, 7) is 11.2. The minimum atomic E-state index is -0.371. The first kappa shape index (κ1) is 24.6. The van der Waals surface area contributed by atoms with E-state index >= 15 is 0 Å². The molecule has 0 amide bonds. The van der Waals surface area contributed by atoms with Gasteiger partial charge in [0.25, 0.3) is 0 Å². The third kappa shape index (κ3) is 7.82. The Hall–Kier alpha value is -0.680. The van der Waals surface area contributed by atoms with Gasteiger partial charge in [0.15, 0.2) is 0 Å². The third-order valence-electron chi connectivity index (χ3n) is 6.98. The zero-order valence-electron chi connectivity index (χ0n) is 19.4. The number of ether oxygens (including phenoxy) is 1. The summed E-state index contributed by atoms with van der Waals surface area (Å²) in [6.07, 6.45) is 13.0. The lowest BCUT2D eigenvalue weighted by molar-refractivity contribution is 0.0946. The molecule has 0 radical (unpaired) electrons. The van der Waals surface area contributed by atoms with Crippen LogP contribution in [0.15, 0.2) is 23.8 Å². The normalized spacial score (nSPS) is 30.0. The van der Waals surface area contributed by atoms with Gasteiger partial charge in [0.05, 0.1) is 25.4 Å². The van der Waals surface area contributed by atoms with Crippen LogP contribution in [0.4, 0.5) is 0 Å². The molecular weight excluding hydrogens is 362 g/mol. The molecule has 2 N–H and O–H groups in total. The van der Waals surface area contributed by atoms with Crippen LogP contribution in [0.5, 0.6) is 0 Å². The van der Waals surface area contributed by atoms with Gasteiger partial charge in [-0.1, -0.05) is 50.0 Å². The number of allylic oxidation sites excluding steroid dienone is 1. The van der Waals surface area contributed by atoms with Crippen molar-refractivity contribution in [2.24, 2.45) is 17.8 Å². The highest BCUT2D eigenvalue weighted by molar-refractivity contribution is 5.18. The number of rotatable bonds is 11. The highest BCUT2D eigenvalue weighted by atomic mass is 16.5. The molecular formula is C25H45NO3. The van der Waals surface area contributed by atoms with Crippen molar-refractivity contribution in [3.63, 3.8) is 0 Å². The molecule has 0 aromatic heterocycles. The Kier molecular flexibility index (Phi) is 9.87. The lowest BCUT2D eigenvalue weighted by Gasteiger charge is -2.31. The number of nitrogens with zero attached hydrogens (tertiary/aromatic N) is 1. The quantitative estimate of drug-likeness (QED) is 0.389. The van der Waals surface area contributed by atoms with Crippen molar-refractivity contribution in [3.05, 3.63) is 23.8 Å². The number of unbranched alkanes of at least 4 members (excludes halogenated alkanes) is 2. The summed E-state index contributed by atoms with van der Waals surface area (Å²) in [5.74, 6) is 1.28. The molecule has 0 aromatic carbocycles. The van der Waals surface area contributed by atoms with E-state index in [0.29, 0.717) is 18.4 Å². The largest absolute Gasteiger partial charge is 0.392 e. The number of aliphatic hydroxyl groups excluding tert-OH is 2. The highest BCUT2D eigenvalue weighted by Crippen LogP contribution is 2.50. The number of aliphatic hydroxyl groups is 2. The Balaban J connectivity index is 1.75. The predicted octanol–water partition coefficient (Wildman–Crippen LogP) is 4.56. The highest BCUT2D eigenvalue weighted by Gasteiger charge is 2.44. The van der Waals surface area contributed by atoms with Crippen molar-refractivity contribution in [3.8, 4) is 0 Å². The molecule has 0 aliphatic heterocycles. The van der Waals surface area contributed by atoms with Crippen LogP contribution in [-0.2, 0) is 4.74 Å². The van der Waals surface area contributed by atoms with Gasteiger partial charge in [-0.2, -0.15) is 0 Å². The lowest BCUT2D eigenvalue weighted by Crippen LogP contribution is -2.40. The molecule has 0 heterocycles. The van der Waals surface area contributed by atoms with Gasteiger partial charge < -0.3 is 14.9 Å². The van der Waals surface area contributed by atoms with E-state index in [4.69, 9.17) is 4.74 Å². The van der Waals surface area contributed by atoms with Crippen molar-refractivity contribution >= 4 is 0 Å². The van der Waals surface area contributed by atoms with Crippen LogP contribution >= 0.6 is 0 Å². The van der Waals surface area contributed by atoms with Crippen molar-refractivity contribution in [1.29, 1.82) is 0 Å². The number of hydrogen-bond donors (Lipinski definition) is 2. The van der Waals surface area contributed by atoms with Gasteiger partial charge in [-0.25, -0.2) is 0 Å². The van der Waals surface area contributed by atoms with Gasteiger partial charge in [-0.05, 0) is 65.3 Å². The molecule has 2 aliphatic rings. The van der Waals surface area contributed by atoms with Gasteiger partial charge in [-0.15, -0.1) is 0 Å². The topological polar surface area (TPSA) is 52.9 Å². The Morgan fingerprint density at radius 3 is 2.69 bits per heavy atom. The van der Waals surface area contributed by atoms with Crippen molar-refractivity contribution in [1.82, 2.24) is 4.90 Å². The van der Waals surface area contributed by atoms with E-state index in [1.54, 1.807) is 0 Å². The molecule has 168 valence electrons. The van der Waals surface area contributed by atoms with Crippen molar-refractivity contribution in [2.75, 3.05) is 26.8 Å². The molecule has 5 atom stereocenters. The first-order valence-electron chi connectivity index (χ1n) is 11.7. The minimum Gasteiger partial charge on any atom is -0.392 e. The third-order valence-corrected chi connectivity index (χ3v) is 6.98. The van der Waals surface area contributed by atoms with Crippen molar-refractivity contribution < 1.29 is 14.9 Å². The molecule has 0 aromatic rings. The molecule has 29 heavy (non-hydrogen) atoms. The summed E-state index contributed by atoms with van der Waals surface area (Å²) < 4.78 is 5.84. The molecule has 2 aliphatic carbocycles. The van der Waals surface area contributed by atoms with E-state index in [-0.39, 0.29) is 23.7 Å². The molecule has 0 spiro atoms. The van der Waals surface area contributed by atoms with Crippen LogP contribution in [0, 0.1) is 17.8 Å². The Bertz CT molecular complexity index is 537. The smallest absolute Gasteiger partial charge is 0.0721 e. The average molecular weight is 408 g/mol. The van der Waals surface area contributed by atoms with Gasteiger partial charge in [-0.3, -0.25) is 4.90 Å². The molecule has 4 nitrogen and oxygen atoms in total. The van der Waals surface area contributed by atoms with Gasteiger partial charge in [0, 0.05) is 18.0 Å². The second kappa shape index (κ2) is 11.6. The van der Waals surface area contributed by atoms with Crippen LogP contribution < -0.4 is 0 Å². The Morgan fingerprint density at radius 1 is 1.24 bits per heavy atom. The molecule has 2 fully saturated rings. The van der Waals surface area contributed by atoms with Crippen LogP contribution in [0.25, 0.3) is 0 Å². The Morgan fingerprint density at radius 2 is 2.00 bits per heavy atom. The van der Waals surface area contributed by atoms with E-state index in [9.17, 15) is 10.2 Å². The van der Waals surface area contributed by atoms with Gasteiger partial charge in [0.2, 0.25) is 0 Å². The summed E-state index contributed by atoms with van der Waals surface area (Å²) in [4.78, 5) is 2.31. The Labute approximate surface area is 179 Å². The number of likely N-dealkylation sites (N-methyl/N-ethyl adjacent to an activating group) is 1. The number of hydrogen-bond acceptors (Lipinski definition) is 4. The van der Waals surface area contributed by atoms with Crippen molar-refractivity contribution in [2.45, 2.75) is 90.4 Å². The first-order valence-corrected chi connectivity index (χ1v) is 11.7. The van der Waals surface area contributed by atoms with Crippen LogP contribution in [0.1, 0.15) is 72.6 Å². The second-order valence-electron chi connectivity index (χ2n) is 10.2. The standard InChI is InChI=1S/C25H45NO3/c1-6-7-8-9-21(27)10-11-22-23-17-19(16-20(23)18-24(22)28)12-14-29-15-13-26(5)25(2,3)4/h10-12,20-24,27-28H,6-9,13-18H2,1-5H3/t20-,21-,22+,23-,24+/m0/s1. The van der Waals surface area contributed by atoms with Crippen LogP contribution in [0.2, 0.25) is 0 Å². The fourth-order valence-electron chi connectivity index (χ4n) is 4.69. The molecule has 0 bridgehead atoms. The maximum atomic E-state index is 10.5. The molecule has 4 heteroatoms. The van der Waals surface area contributed by atoms with Gasteiger partial charge >= 0.3 is 0 Å². The van der Waals surface area contributed by atoms with E-state index in [1.165, 1.54) is 18.4 Å². The van der Waals surface area contributed by atoms with Gasteiger partial charge in [0.1, 0.15) is 0 Å². The minimum absolute atomic E-state index is 0.178. The predicted molar refractivity (Wildman–Crippen MR) is 121 cm³/mol. The lowest BCUT2D eigenvalue weighted by atomic mass is 9.90. The summed E-state index contributed by atoms with van der Waals surface area (Å²) in [7, 11) is 2.14. The summed E-state index contributed by atoms with van der Waals surface area (Å²) in [5.41, 5.74) is 1.66. The maximum absolute atomic E-state index is 10.5. The summed E-state index contributed by atoms with van der Waals surface area (Å²) in [6, 6.07) is 0. The maximum Gasteiger partial charge on any atom is 0.0721 e. The zero-order valence-corrected chi connectivity index (χ0v) is 19.4. The fourth-order valence-corrected chi connectivity index (χ4v) is 4.69. The van der Waals surface area contributed by atoms with E-state index in [1.807, 2.05) is 6.08 Å².